The van der Waals surface area contributed by atoms with E-state index in [0.29, 0.717) is 31.5 Å². The summed E-state index contributed by atoms with van der Waals surface area (Å²) in [4.78, 5) is 20.6. The average molecular weight is 502 g/mol. The Morgan fingerprint density at radius 3 is 2.76 bits per heavy atom. The Hall–Kier alpha value is -4.11. The van der Waals surface area contributed by atoms with Crippen LogP contribution in [0.25, 0.3) is 22.2 Å². The molecule has 37 heavy (non-hydrogen) atoms. The molecule has 2 heterocycles. The fourth-order valence-corrected chi connectivity index (χ4v) is 4.69. The molecule has 2 aromatic heterocycles. The number of hydrogen-bond acceptors (Lipinski definition) is 7. The van der Waals surface area contributed by atoms with Gasteiger partial charge in [0.05, 0.1) is 12.0 Å². The topological polar surface area (TPSA) is 114 Å². The maximum atomic E-state index is 11.8. The minimum Gasteiger partial charge on any atom is -0.489 e. The van der Waals surface area contributed by atoms with Gasteiger partial charge in [0.1, 0.15) is 36.8 Å². The van der Waals surface area contributed by atoms with Crippen LogP contribution >= 0.6 is 0 Å². The first kappa shape index (κ1) is 24.6. The van der Waals surface area contributed by atoms with Crippen molar-refractivity contribution in [1.82, 2.24) is 19.9 Å². The number of nitrogen functional groups attached to an aromatic ring is 1. The van der Waals surface area contributed by atoms with Gasteiger partial charge in [0, 0.05) is 31.5 Å². The molecule has 1 saturated carbocycles. The lowest BCUT2D eigenvalue weighted by atomic mass is 9.80. The molecule has 1 aliphatic rings. The lowest BCUT2D eigenvalue weighted by Crippen LogP contribution is -2.37. The summed E-state index contributed by atoms with van der Waals surface area (Å²) in [7, 11) is 1.57. The van der Waals surface area contributed by atoms with Crippen LogP contribution in [0.3, 0.4) is 0 Å². The Bertz CT molecular complexity index is 1350. The number of ether oxygens (including phenoxy) is 3. The number of carbonyl (C=O) groups is 1. The van der Waals surface area contributed by atoms with Crippen molar-refractivity contribution in [2.75, 3.05) is 32.6 Å². The van der Waals surface area contributed by atoms with Crippen LogP contribution in [-0.2, 0) is 16.1 Å². The SMILES string of the molecule is COCCOC(=O)NC[C@H]1C[C@H](n2cc(-c3cccc(OCc4ccccc4)c3)c3c(N)ncnc32)C1. The molecule has 1 amide bonds. The fraction of sp³-hybridized carbons (Fsp3) is 0.321. The van der Waals surface area contributed by atoms with Crippen molar-refractivity contribution in [1.29, 1.82) is 0 Å². The molecule has 0 saturated heterocycles. The van der Waals surface area contributed by atoms with Crippen molar-refractivity contribution in [2.45, 2.75) is 25.5 Å². The maximum Gasteiger partial charge on any atom is 0.407 e. The van der Waals surface area contributed by atoms with Gasteiger partial charge in [0.25, 0.3) is 0 Å². The van der Waals surface area contributed by atoms with E-state index >= 15 is 0 Å². The van der Waals surface area contributed by atoms with Gasteiger partial charge in [0.15, 0.2) is 0 Å². The Morgan fingerprint density at radius 1 is 1.11 bits per heavy atom. The zero-order chi connectivity index (χ0) is 25.6. The molecule has 0 atom stereocenters. The number of fused-ring (bicyclic) bond motifs is 1. The number of nitrogens with two attached hydrogens (primary N) is 1. The lowest BCUT2D eigenvalue weighted by Gasteiger charge is -2.36. The molecule has 4 aromatic rings. The van der Waals surface area contributed by atoms with E-state index in [2.05, 4.69) is 26.0 Å². The molecule has 0 aliphatic heterocycles. The van der Waals surface area contributed by atoms with Crippen LogP contribution in [0.1, 0.15) is 24.4 Å². The Morgan fingerprint density at radius 2 is 1.95 bits per heavy atom. The largest absolute Gasteiger partial charge is 0.489 e. The summed E-state index contributed by atoms with van der Waals surface area (Å²) in [5, 5.41) is 3.68. The van der Waals surface area contributed by atoms with Crippen LogP contribution in [0.2, 0.25) is 0 Å². The molecule has 0 unspecified atom stereocenters. The van der Waals surface area contributed by atoms with Gasteiger partial charge in [-0.2, -0.15) is 0 Å². The number of amides is 1. The second kappa shape index (κ2) is 11.3. The molecule has 0 radical (unpaired) electrons. The number of nitrogens with zero attached hydrogens (tertiary/aromatic N) is 3. The monoisotopic (exact) mass is 501 g/mol. The van der Waals surface area contributed by atoms with E-state index in [0.717, 1.165) is 46.3 Å². The van der Waals surface area contributed by atoms with Gasteiger partial charge in [-0.05, 0) is 42.0 Å². The zero-order valence-corrected chi connectivity index (χ0v) is 20.8. The standard InChI is InChI=1S/C28H31N5O4/c1-35-10-11-36-28(34)30-15-20-12-22(13-20)33-16-24(25-26(29)31-18-32-27(25)33)21-8-5-9-23(14-21)37-17-19-6-3-2-4-7-19/h2-9,14,16,18,20,22H,10-13,15,17H2,1H3,(H,30,34)(H2,29,31,32)/t20-,22-. The van der Waals surface area contributed by atoms with E-state index in [-0.39, 0.29) is 12.6 Å². The summed E-state index contributed by atoms with van der Waals surface area (Å²) in [6.07, 6.45) is 5.05. The molecule has 1 aliphatic carbocycles. The summed E-state index contributed by atoms with van der Waals surface area (Å²) in [5.74, 6) is 1.60. The minimum absolute atomic E-state index is 0.243. The van der Waals surface area contributed by atoms with Crippen LogP contribution in [0, 0.1) is 5.92 Å². The van der Waals surface area contributed by atoms with Gasteiger partial charge >= 0.3 is 6.09 Å². The van der Waals surface area contributed by atoms with Crippen LogP contribution in [-0.4, -0.2) is 47.5 Å². The normalized spacial score (nSPS) is 16.8. The Kier molecular flexibility index (Phi) is 7.51. The molecule has 3 N–H and O–H groups in total. The molecule has 0 spiro atoms. The number of benzene rings is 2. The first-order valence-electron chi connectivity index (χ1n) is 12.4. The highest BCUT2D eigenvalue weighted by Gasteiger charge is 2.32. The quantitative estimate of drug-likeness (QED) is 0.306. The predicted molar refractivity (Wildman–Crippen MR) is 141 cm³/mol. The van der Waals surface area contributed by atoms with E-state index in [1.54, 1.807) is 7.11 Å². The van der Waals surface area contributed by atoms with E-state index in [4.69, 9.17) is 19.9 Å². The van der Waals surface area contributed by atoms with E-state index in [9.17, 15) is 4.79 Å². The highest BCUT2D eigenvalue weighted by Crippen LogP contribution is 2.43. The smallest absolute Gasteiger partial charge is 0.407 e. The molecule has 5 rings (SSSR count). The average Bonchev–Trinajstić information content (AvgIpc) is 3.28. The predicted octanol–water partition coefficient (Wildman–Crippen LogP) is 4.58. The maximum absolute atomic E-state index is 11.8. The van der Waals surface area contributed by atoms with Gasteiger partial charge in [0.2, 0.25) is 0 Å². The molecular weight excluding hydrogens is 470 g/mol. The third kappa shape index (κ3) is 5.67. The third-order valence-electron chi connectivity index (χ3n) is 6.69. The first-order valence-corrected chi connectivity index (χ1v) is 12.4. The van der Waals surface area contributed by atoms with Gasteiger partial charge in [-0.25, -0.2) is 14.8 Å². The van der Waals surface area contributed by atoms with Gasteiger partial charge in [-0.15, -0.1) is 0 Å². The second-order valence-corrected chi connectivity index (χ2v) is 9.21. The zero-order valence-electron chi connectivity index (χ0n) is 20.8. The molecule has 192 valence electrons. The number of alkyl carbamates (subject to hydrolysis) is 1. The van der Waals surface area contributed by atoms with Crippen LogP contribution in [0.4, 0.5) is 10.6 Å². The number of hydrogen-bond donors (Lipinski definition) is 2. The van der Waals surface area contributed by atoms with Crippen LogP contribution < -0.4 is 15.8 Å². The highest BCUT2D eigenvalue weighted by molar-refractivity contribution is 6.00. The molecule has 9 nitrogen and oxygen atoms in total. The van der Waals surface area contributed by atoms with Crippen LogP contribution in [0.5, 0.6) is 5.75 Å². The van der Waals surface area contributed by atoms with E-state index in [1.807, 2.05) is 54.6 Å². The number of carbonyl (C=O) groups excluding carboxylic acids is 1. The van der Waals surface area contributed by atoms with Crippen molar-refractivity contribution in [3.8, 4) is 16.9 Å². The third-order valence-corrected chi connectivity index (χ3v) is 6.69. The summed E-state index contributed by atoms with van der Waals surface area (Å²) in [6.45, 7) is 1.70. The molecule has 0 bridgehead atoms. The van der Waals surface area contributed by atoms with E-state index < -0.39 is 6.09 Å². The van der Waals surface area contributed by atoms with Crippen molar-refractivity contribution < 1.29 is 19.0 Å². The Balaban J connectivity index is 1.30. The van der Waals surface area contributed by atoms with Crippen molar-refractivity contribution in [3.63, 3.8) is 0 Å². The minimum atomic E-state index is -0.413. The lowest BCUT2D eigenvalue weighted by molar-refractivity contribution is 0.0951. The second-order valence-electron chi connectivity index (χ2n) is 9.21. The molecule has 2 aromatic carbocycles. The van der Waals surface area contributed by atoms with E-state index in [1.165, 1.54) is 6.33 Å². The van der Waals surface area contributed by atoms with Crippen molar-refractivity contribution in [3.05, 3.63) is 72.7 Å². The summed E-state index contributed by atoms with van der Waals surface area (Å²) < 4.78 is 18.2. The van der Waals surface area contributed by atoms with Crippen LogP contribution in [0.15, 0.2) is 67.1 Å². The van der Waals surface area contributed by atoms with Gasteiger partial charge < -0.3 is 29.8 Å². The summed E-state index contributed by atoms with van der Waals surface area (Å²) >= 11 is 0. The summed E-state index contributed by atoms with van der Waals surface area (Å²) in [5.41, 5.74) is 10.2. The van der Waals surface area contributed by atoms with Gasteiger partial charge in [-0.1, -0.05) is 42.5 Å². The Labute approximate surface area is 215 Å². The molecular formula is C28H31N5O4. The number of aromatic nitrogens is 3. The van der Waals surface area contributed by atoms with Gasteiger partial charge in [-0.3, -0.25) is 0 Å². The summed E-state index contributed by atoms with van der Waals surface area (Å²) in [6, 6.07) is 18.4. The first-order chi connectivity index (χ1) is 18.1. The molecule has 9 heteroatoms. The number of nitrogens with one attached hydrogen (secondary N) is 1. The van der Waals surface area contributed by atoms with Crippen molar-refractivity contribution in [2.24, 2.45) is 5.92 Å². The highest BCUT2D eigenvalue weighted by atomic mass is 16.6. The number of methoxy groups -OCH3 is 1. The molecule has 1 fully saturated rings. The fourth-order valence-electron chi connectivity index (χ4n) is 4.69. The van der Waals surface area contributed by atoms with Crippen molar-refractivity contribution >= 4 is 22.9 Å². The number of anilines is 1. The number of rotatable bonds is 10.